The third-order valence-electron chi connectivity index (χ3n) is 4.62. The first-order valence-corrected chi connectivity index (χ1v) is 9.83. The van der Waals surface area contributed by atoms with Crippen molar-refractivity contribution in [3.8, 4) is 5.75 Å². The molecule has 0 bridgehead atoms. The van der Waals surface area contributed by atoms with Crippen LogP contribution in [0.2, 0.25) is 0 Å². The molecule has 0 saturated heterocycles. The molecule has 150 valence electrons. The standard InChI is InChI=1S/C22H29N3O2S/c1-15-5-7-18(8-6-15)21(23)24-22(28)27-20-14-16(2)19(13-17(20)3)9-10-25(4)11-12-26/h5-8,13-14,26H,9-12H2,1-4H3,(H2,23,24,28)/p+1. The Morgan fingerprint density at radius 3 is 2.43 bits per heavy atom. The number of aliphatic hydroxyl groups is 1. The highest BCUT2D eigenvalue weighted by molar-refractivity contribution is 7.77. The first kappa shape index (κ1) is 22.1. The molecular formula is C22H30N3O2S+. The second kappa shape index (κ2) is 10.4. The molecule has 2 rings (SSSR count). The van der Waals surface area contributed by atoms with Gasteiger partial charge in [0.1, 0.15) is 5.75 Å². The fourth-order valence-electron chi connectivity index (χ4n) is 2.83. The molecule has 0 unspecified atom stereocenters. The molecule has 0 saturated carbocycles. The molecule has 6 heteroatoms. The number of benzene rings is 2. The van der Waals surface area contributed by atoms with Gasteiger partial charge in [0.2, 0.25) is 0 Å². The number of aliphatic imine (C=N–C) groups is 1. The van der Waals surface area contributed by atoms with Crippen molar-refractivity contribution in [1.29, 1.82) is 5.41 Å². The van der Waals surface area contributed by atoms with Crippen LogP contribution in [0.4, 0.5) is 0 Å². The minimum Gasteiger partial charge on any atom is -0.402 e. The van der Waals surface area contributed by atoms with Crippen LogP contribution < -0.4 is 4.74 Å². The lowest BCUT2D eigenvalue weighted by Crippen LogP contribution is -2.24. The first-order chi connectivity index (χ1) is 13.3. The van der Waals surface area contributed by atoms with E-state index in [-0.39, 0.29) is 17.7 Å². The van der Waals surface area contributed by atoms with Gasteiger partial charge >= 0.3 is 5.23 Å². The summed E-state index contributed by atoms with van der Waals surface area (Å²) in [4.78, 5) is 6.32. The third-order valence-corrected chi connectivity index (χ3v) is 4.84. The van der Waals surface area contributed by atoms with Crippen molar-refractivity contribution in [3.05, 3.63) is 64.2 Å². The van der Waals surface area contributed by atoms with Crippen LogP contribution in [-0.4, -0.2) is 47.8 Å². The highest BCUT2D eigenvalue weighted by Crippen LogP contribution is 2.24. The van der Waals surface area contributed by atoms with Gasteiger partial charge in [-0.25, -0.2) is 0 Å². The Kier molecular flexibility index (Phi) is 8.23. The Labute approximate surface area is 173 Å². The van der Waals surface area contributed by atoms with Crippen LogP contribution in [0, 0.1) is 26.2 Å². The van der Waals surface area contributed by atoms with Gasteiger partial charge in [0.05, 0.1) is 19.2 Å². The second-order valence-corrected chi connectivity index (χ2v) is 7.48. The van der Waals surface area contributed by atoms with Crippen LogP contribution in [0.15, 0.2) is 41.4 Å². The van der Waals surface area contributed by atoms with Crippen LogP contribution in [0.1, 0.15) is 27.8 Å². The molecular weight excluding hydrogens is 370 g/mol. The Morgan fingerprint density at radius 1 is 1.11 bits per heavy atom. The zero-order valence-electron chi connectivity index (χ0n) is 17.0. The average Bonchev–Trinajstić information content (AvgIpc) is 2.64. The van der Waals surface area contributed by atoms with E-state index in [4.69, 9.17) is 15.3 Å². The molecule has 0 aliphatic carbocycles. The van der Waals surface area contributed by atoms with Gasteiger partial charge in [0.25, 0.3) is 0 Å². The molecule has 0 fully saturated rings. The maximum absolute atomic E-state index is 9.01. The van der Waals surface area contributed by atoms with Gasteiger partial charge in [0, 0.05) is 18.7 Å². The number of aliphatic hydroxyl groups excluding tert-OH is 1. The molecule has 0 aliphatic rings. The quantitative estimate of drug-likeness (QED) is 0.427. The molecule has 0 aliphatic heterocycles. The molecule has 0 heterocycles. The number of amidine groups is 1. The van der Waals surface area contributed by atoms with E-state index < -0.39 is 0 Å². The van der Waals surface area contributed by atoms with E-state index in [0.717, 1.165) is 41.0 Å². The maximum atomic E-state index is 9.01. The van der Waals surface area contributed by atoms with Gasteiger partial charge in [-0.1, -0.05) is 35.9 Å². The average molecular weight is 401 g/mol. The lowest BCUT2D eigenvalue weighted by Gasteiger charge is -2.17. The highest BCUT2D eigenvalue weighted by Gasteiger charge is 2.12. The number of hydrogen-bond acceptors (Lipinski definition) is 4. The fourth-order valence-corrected chi connectivity index (χ4v) is 3.05. The number of ether oxygens (including phenoxy) is 1. The van der Waals surface area contributed by atoms with Crippen LogP contribution in [0.5, 0.6) is 5.75 Å². The Bertz CT molecular complexity index is 848. The highest BCUT2D eigenvalue weighted by atomic mass is 32.1. The van der Waals surface area contributed by atoms with Crippen molar-refractivity contribution >= 4 is 23.7 Å². The molecule has 2 aromatic carbocycles. The molecule has 0 amide bonds. The molecule has 28 heavy (non-hydrogen) atoms. The van der Waals surface area contributed by atoms with Crippen molar-refractivity contribution in [2.75, 3.05) is 26.7 Å². The number of aryl methyl sites for hydroxylation is 3. The summed E-state index contributed by atoms with van der Waals surface area (Å²) in [5.41, 5.74) is 5.29. The van der Waals surface area contributed by atoms with Gasteiger partial charge in [-0.2, -0.15) is 0 Å². The normalized spacial score (nSPS) is 11.8. The lowest BCUT2D eigenvalue weighted by molar-refractivity contribution is 0.223. The van der Waals surface area contributed by atoms with Crippen molar-refractivity contribution in [1.82, 2.24) is 4.90 Å². The molecule has 2 aromatic rings. The predicted octanol–water partition coefficient (Wildman–Crippen LogP) is 2.85. The Morgan fingerprint density at radius 2 is 1.79 bits per heavy atom. The van der Waals surface area contributed by atoms with E-state index in [1.807, 2.05) is 51.2 Å². The zero-order chi connectivity index (χ0) is 20.7. The summed E-state index contributed by atoms with van der Waals surface area (Å²) < 4.78 is 5.84. The van der Waals surface area contributed by atoms with Gasteiger partial charge < -0.3 is 14.7 Å². The molecule has 0 spiro atoms. The number of nitrogens with one attached hydrogen (secondary N) is 1. The third kappa shape index (κ3) is 6.48. The predicted molar refractivity (Wildman–Crippen MR) is 120 cm³/mol. The summed E-state index contributed by atoms with van der Waals surface area (Å²) >= 11 is 3.39. The fraction of sp³-hybridized carbons (Fsp3) is 0.364. The van der Waals surface area contributed by atoms with Gasteiger partial charge in [-0.3, -0.25) is 5.41 Å². The van der Waals surface area contributed by atoms with Crippen molar-refractivity contribution in [2.24, 2.45) is 4.99 Å². The summed E-state index contributed by atoms with van der Waals surface area (Å²) in [7, 11) is 2.01. The van der Waals surface area contributed by atoms with Crippen molar-refractivity contribution < 1.29 is 9.84 Å². The monoisotopic (exact) mass is 400 g/mol. The SMILES string of the molecule is Cc1ccc(C(=N)N=C([SH2+])Oc2cc(C)c(CCN(C)CCO)cc2C)cc1. The van der Waals surface area contributed by atoms with Crippen LogP contribution in [0.3, 0.4) is 0 Å². The van der Waals surface area contributed by atoms with E-state index >= 15 is 0 Å². The molecule has 0 radical (unpaired) electrons. The largest absolute Gasteiger partial charge is 0.414 e. The summed E-state index contributed by atoms with van der Waals surface area (Å²) in [6.07, 6.45) is 0.913. The Balaban J connectivity index is 2.07. The van der Waals surface area contributed by atoms with Crippen molar-refractivity contribution in [3.63, 3.8) is 0 Å². The summed E-state index contributed by atoms with van der Waals surface area (Å²) in [5, 5.41) is 17.4. The summed E-state index contributed by atoms with van der Waals surface area (Å²) in [6.45, 7) is 7.81. The van der Waals surface area contributed by atoms with Crippen LogP contribution >= 0.6 is 0 Å². The number of nitrogens with zero attached hydrogens (tertiary/aromatic N) is 2. The van der Waals surface area contributed by atoms with E-state index in [0.29, 0.717) is 6.54 Å². The molecule has 2 N–H and O–H groups in total. The first-order valence-electron chi connectivity index (χ1n) is 9.33. The molecule has 5 nitrogen and oxygen atoms in total. The van der Waals surface area contributed by atoms with E-state index in [9.17, 15) is 0 Å². The minimum atomic E-state index is 0.142. The zero-order valence-corrected chi connectivity index (χ0v) is 18.0. The maximum Gasteiger partial charge on any atom is 0.414 e. The molecule has 0 aromatic heterocycles. The van der Waals surface area contributed by atoms with E-state index in [2.05, 4.69) is 35.5 Å². The van der Waals surface area contributed by atoms with Gasteiger partial charge in [-0.15, -0.1) is 4.99 Å². The van der Waals surface area contributed by atoms with Crippen LogP contribution in [0.25, 0.3) is 0 Å². The topological polar surface area (TPSA) is 68.9 Å². The van der Waals surface area contributed by atoms with Crippen LogP contribution in [-0.2, 0) is 19.0 Å². The number of rotatable bonds is 7. The lowest BCUT2D eigenvalue weighted by atomic mass is 10.0. The summed E-state index contributed by atoms with van der Waals surface area (Å²) in [6, 6.07) is 11.8. The van der Waals surface area contributed by atoms with E-state index in [1.54, 1.807) is 0 Å². The van der Waals surface area contributed by atoms with Crippen molar-refractivity contribution in [2.45, 2.75) is 27.2 Å². The summed E-state index contributed by atoms with van der Waals surface area (Å²) in [5.74, 6) is 0.860. The number of hydrogen-bond donors (Lipinski definition) is 2. The van der Waals surface area contributed by atoms with Gasteiger partial charge in [-0.05, 0) is 57.0 Å². The van der Waals surface area contributed by atoms with Gasteiger partial charge in [0.15, 0.2) is 5.84 Å². The molecule has 0 atom stereocenters. The number of likely N-dealkylation sites (N-methyl/N-ethyl adjacent to an activating group) is 1. The van der Waals surface area contributed by atoms with E-state index in [1.165, 1.54) is 5.56 Å². The minimum absolute atomic E-state index is 0.142. The Hall–Kier alpha value is -2.15. The smallest absolute Gasteiger partial charge is 0.402 e. The second-order valence-electron chi connectivity index (χ2n) is 7.05.